The maximum Gasteiger partial charge on any atom is 0.289 e. The average Bonchev–Trinajstić information content (AvgIpc) is 3.33. The first kappa shape index (κ1) is 19.8. The summed E-state index contributed by atoms with van der Waals surface area (Å²) in [6.45, 7) is 1.48. The van der Waals surface area contributed by atoms with Gasteiger partial charge < -0.3 is 9.64 Å². The number of para-hydroxylation sites is 1. The Morgan fingerprint density at radius 3 is 2.55 bits per heavy atom. The van der Waals surface area contributed by atoms with Gasteiger partial charge in [0, 0.05) is 6.54 Å². The molecule has 6 nitrogen and oxygen atoms in total. The minimum Gasteiger partial charge on any atom is -0.497 e. The Kier molecular flexibility index (Phi) is 5.75. The van der Waals surface area contributed by atoms with Crippen LogP contribution in [0.15, 0.2) is 42.5 Å². The van der Waals surface area contributed by atoms with Crippen LogP contribution in [0.5, 0.6) is 5.75 Å². The van der Waals surface area contributed by atoms with E-state index in [0.29, 0.717) is 16.7 Å². The molecule has 4 rings (SSSR count). The van der Waals surface area contributed by atoms with E-state index >= 15 is 0 Å². The average molecular weight is 427 g/mol. The summed E-state index contributed by atoms with van der Waals surface area (Å²) < 4.78 is 7.32. The number of ether oxygens (including phenoxy) is 1. The van der Waals surface area contributed by atoms with Crippen molar-refractivity contribution in [3.63, 3.8) is 0 Å². The van der Waals surface area contributed by atoms with E-state index in [4.69, 9.17) is 9.72 Å². The van der Waals surface area contributed by atoms with Crippen molar-refractivity contribution in [3.05, 3.63) is 47.5 Å². The number of fused-ring (bicyclic) bond motifs is 2. The highest BCUT2D eigenvalue weighted by molar-refractivity contribution is 7.23. The Balaban J connectivity index is 1.69. The zero-order chi connectivity index (χ0) is 20.4. The van der Waals surface area contributed by atoms with Crippen LogP contribution in [0.4, 0.5) is 5.13 Å². The predicted octanol–water partition coefficient (Wildman–Crippen LogP) is 4.51. The number of amides is 1. The van der Waals surface area contributed by atoms with Crippen LogP contribution in [-0.2, 0) is 0 Å². The third-order valence-electron chi connectivity index (χ3n) is 4.52. The molecule has 0 bridgehead atoms. The lowest BCUT2D eigenvalue weighted by Crippen LogP contribution is -2.33. The minimum atomic E-state index is -0.101. The van der Waals surface area contributed by atoms with Gasteiger partial charge in [-0.05, 0) is 57.4 Å². The van der Waals surface area contributed by atoms with Crippen LogP contribution >= 0.6 is 22.7 Å². The fourth-order valence-electron chi connectivity index (χ4n) is 3.04. The Morgan fingerprint density at radius 2 is 1.79 bits per heavy atom. The number of carbonyl (C=O) groups excluding carboxylic acids is 1. The predicted molar refractivity (Wildman–Crippen MR) is 121 cm³/mol. The first-order chi connectivity index (χ1) is 14.0. The van der Waals surface area contributed by atoms with Crippen LogP contribution in [0.1, 0.15) is 16.2 Å². The van der Waals surface area contributed by atoms with E-state index in [1.54, 1.807) is 12.0 Å². The minimum absolute atomic E-state index is 0.101. The molecule has 8 heteroatoms. The number of anilines is 1. The topological polar surface area (TPSA) is 58.6 Å². The SMILES string of the molecule is COc1ccc2nc(N(CCCN(C)C)C(=O)c3nc4ccccc4s3)sc2c1. The molecule has 0 fully saturated rings. The Morgan fingerprint density at radius 1 is 1.00 bits per heavy atom. The van der Waals surface area contributed by atoms with E-state index in [9.17, 15) is 4.79 Å². The lowest BCUT2D eigenvalue weighted by Gasteiger charge is -2.19. The number of benzene rings is 2. The molecular formula is C21H22N4O2S2. The van der Waals surface area contributed by atoms with Crippen molar-refractivity contribution >= 4 is 54.1 Å². The molecule has 0 aliphatic rings. The second-order valence-electron chi connectivity index (χ2n) is 6.93. The van der Waals surface area contributed by atoms with Gasteiger partial charge in [-0.15, -0.1) is 11.3 Å². The smallest absolute Gasteiger partial charge is 0.289 e. The molecule has 150 valence electrons. The molecule has 1 amide bonds. The lowest BCUT2D eigenvalue weighted by molar-refractivity contribution is 0.0986. The monoisotopic (exact) mass is 426 g/mol. The van der Waals surface area contributed by atoms with Crippen molar-refractivity contribution in [2.75, 3.05) is 39.2 Å². The third kappa shape index (κ3) is 4.24. The number of thiazole rings is 2. The van der Waals surface area contributed by atoms with Crippen LogP contribution in [0.25, 0.3) is 20.4 Å². The quantitative estimate of drug-likeness (QED) is 0.435. The summed E-state index contributed by atoms with van der Waals surface area (Å²) in [4.78, 5) is 26.5. The summed E-state index contributed by atoms with van der Waals surface area (Å²) in [7, 11) is 5.71. The highest BCUT2D eigenvalue weighted by Gasteiger charge is 2.24. The summed E-state index contributed by atoms with van der Waals surface area (Å²) in [5.74, 6) is 0.681. The number of methoxy groups -OCH3 is 1. The zero-order valence-electron chi connectivity index (χ0n) is 16.6. The van der Waals surface area contributed by atoms with Crippen LogP contribution in [0.3, 0.4) is 0 Å². The highest BCUT2D eigenvalue weighted by atomic mass is 32.1. The molecule has 0 saturated heterocycles. The molecule has 0 N–H and O–H groups in total. The van der Waals surface area contributed by atoms with Gasteiger partial charge in [-0.3, -0.25) is 9.69 Å². The molecule has 0 saturated carbocycles. The van der Waals surface area contributed by atoms with Crippen molar-refractivity contribution in [2.24, 2.45) is 0 Å². The second-order valence-corrected chi connectivity index (χ2v) is 8.97. The lowest BCUT2D eigenvalue weighted by atomic mass is 10.3. The summed E-state index contributed by atoms with van der Waals surface area (Å²) in [5.41, 5.74) is 1.71. The normalized spacial score (nSPS) is 11.4. The van der Waals surface area contributed by atoms with Gasteiger partial charge in [-0.1, -0.05) is 23.5 Å². The third-order valence-corrected chi connectivity index (χ3v) is 6.59. The van der Waals surface area contributed by atoms with Crippen LogP contribution in [-0.4, -0.2) is 55.1 Å². The molecule has 0 spiro atoms. The Bertz CT molecular complexity index is 1120. The maximum atomic E-state index is 13.4. The van der Waals surface area contributed by atoms with Crippen LogP contribution in [0, 0.1) is 0 Å². The van der Waals surface area contributed by atoms with Gasteiger partial charge in [0.2, 0.25) is 0 Å². The van der Waals surface area contributed by atoms with E-state index in [-0.39, 0.29) is 5.91 Å². The molecule has 0 unspecified atom stereocenters. The largest absolute Gasteiger partial charge is 0.497 e. The van der Waals surface area contributed by atoms with Gasteiger partial charge in [0.15, 0.2) is 10.1 Å². The second kappa shape index (κ2) is 8.44. The van der Waals surface area contributed by atoms with Gasteiger partial charge in [0.25, 0.3) is 5.91 Å². The molecule has 0 atom stereocenters. The highest BCUT2D eigenvalue weighted by Crippen LogP contribution is 2.33. The van der Waals surface area contributed by atoms with E-state index in [1.165, 1.54) is 22.7 Å². The van der Waals surface area contributed by atoms with E-state index in [0.717, 1.165) is 39.1 Å². The fraction of sp³-hybridized carbons (Fsp3) is 0.286. The summed E-state index contributed by atoms with van der Waals surface area (Å²) in [6.07, 6.45) is 0.850. The Labute approximate surface area is 177 Å². The molecule has 0 radical (unpaired) electrons. The molecule has 4 aromatic rings. The maximum absolute atomic E-state index is 13.4. The number of carbonyl (C=O) groups is 1. The van der Waals surface area contributed by atoms with Gasteiger partial charge in [-0.2, -0.15) is 0 Å². The molecule has 0 aliphatic heterocycles. The van der Waals surface area contributed by atoms with Crippen molar-refractivity contribution in [1.29, 1.82) is 0 Å². The molecule has 29 heavy (non-hydrogen) atoms. The number of nitrogens with zero attached hydrogens (tertiary/aromatic N) is 4. The first-order valence-corrected chi connectivity index (χ1v) is 10.9. The Hall–Kier alpha value is -2.55. The summed E-state index contributed by atoms with van der Waals surface area (Å²) >= 11 is 2.93. The van der Waals surface area contributed by atoms with Gasteiger partial charge in [0.1, 0.15) is 5.75 Å². The molecule has 2 heterocycles. The van der Waals surface area contributed by atoms with Crippen molar-refractivity contribution < 1.29 is 9.53 Å². The van der Waals surface area contributed by atoms with Crippen molar-refractivity contribution in [1.82, 2.24) is 14.9 Å². The van der Waals surface area contributed by atoms with Crippen molar-refractivity contribution in [3.8, 4) is 5.75 Å². The van der Waals surface area contributed by atoms with Gasteiger partial charge in [-0.25, -0.2) is 9.97 Å². The number of aromatic nitrogens is 2. The fourth-order valence-corrected chi connectivity index (χ4v) is 4.98. The number of hydrogen-bond acceptors (Lipinski definition) is 7. The van der Waals surface area contributed by atoms with Gasteiger partial charge in [0.05, 0.1) is 27.5 Å². The van der Waals surface area contributed by atoms with E-state index < -0.39 is 0 Å². The molecule has 2 aromatic carbocycles. The number of hydrogen-bond donors (Lipinski definition) is 0. The van der Waals surface area contributed by atoms with E-state index in [1.807, 2.05) is 56.6 Å². The molecular weight excluding hydrogens is 404 g/mol. The van der Waals surface area contributed by atoms with Gasteiger partial charge >= 0.3 is 0 Å². The molecule has 2 aromatic heterocycles. The molecule has 0 aliphatic carbocycles. The number of rotatable bonds is 7. The first-order valence-electron chi connectivity index (χ1n) is 9.32. The van der Waals surface area contributed by atoms with Crippen molar-refractivity contribution in [2.45, 2.75) is 6.42 Å². The van der Waals surface area contributed by atoms with Crippen LogP contribution in [0.2, 0.25) is 0 Å². The zero-order valence-corrected chi connectivity index (χ0v) is 18.2. The van der Waals surface area contributed by atoms with Crippen LogP contribution < -0.4 is 9.64 Å². The summed E-state index contributed by atoms with van der Waals surface area (Å²) in [6, 6.07) is 13.6. The van der Waals surface area contributed by atoms with E-state index in [2.05, 4.69) is 9.88 Å². The standard InChI is InChI=1S/C21H22N4O2S2/c1-24(2)11-6-12-25(20(26)19-22-15-7-4-5-8-17(15)28-19)21-23-16-10-9-14(27-3)13-18(16)29-21/h4-5,7-10,13H,6,11-12H2,1-3H3. The summed E-state index contributed by atoms with van der Waals surface area (Å²) in [5, 5.41) is 1.18.